The molecule has 0 amide bonds. The predicted molar refractivity (Wildman–Crippen MR) is 120 cm³/mol. The Morgan fingerprint density at radius 3 is 1.66 bits per heavy atom. The van der Waals surface area contributed by atoms with Gasteiger partial charge in [-0.2, -0.15) is 0 Å². The van der Waals surface area contributed by atoms with Crippen LogP contribution < -0.4 is 0 Å². The second-order valence-electron chi connectivity index (χ2n) is 8.72. The van der Waals surface area contributed by atoms with E-state index in [1.807, 2.05) is 68.4 Å². The van der Waals surface area contributed by atoms with Gasteiger partial charge in [0.05, 0.1) is 6.61 Å². The Morgan fingerprint density at radius 1 is 0.750 bits per heavy atom. The van der Waals surface area contributed by atoms with Crippen molar-refractivity contribution in [2.75, 3.05) is 6.61 Å². The summed E-state index contributed by atoms with van der Waals surface area (Å²) in [4.78, 5) is 0. The standard InChI is InChI=1S/C27H28O5/c1-26(2)31-23-22(30-25(28)24(23)32-26)18-29-27(19-12-6-3-7-13-19,20-14-8-4-9-15-20)21-16-10-5-11-17-21/h3-17,22-25,28H,18H2,1-2H3/t22?,23-,24-,25?/m1/s1. The Morgan fingerprint density at radius 2 is 1.19 bits per heavy atom. The SMILES string of the molecule is CC1(C)O[C@@H]2C(COC(c3ccccc3)(c3ccccc3)c3ccccc3)OC(O)[C@@H]2O1. The molecule has 2 heterocycles. The Balaban J connectivity index is 1.55. The Hall–Kier alpha value is -2.54. The smallest absolute Gasteiger partial charge is 0.184 e. The minimum absolute atomic E-state index is 0.219. The molecule has 5 heteroatoms. The van der Waals surface area contributed by atoms with Gasteiger partial charge in [-0.25, -0.2) is 0 Å². The highest BCUT2D eigenvalue weighted by Crippen LogP contribution is 2.43. The van der Waals surface area contributed by atoms with Crippen LogP contribution in [0.15, 0.2) is 91.0 Å². The first kappa shape index (κ1) is 21.3. The van der Waals surface area contributed by atoms with Gasteiger partial charge in [0.1, 0.15) is 23.9 Å². The molecule has 0 radical (unpaired) electrons. The largest absolute Gasteiger partial charge is 0.366 e. The molecule has 0 spiro atoms. The molecule has 0 aromatic heterocycles. The van der Waals surface area contributed by atoms with Crippen molar-refractivity contribution in [3.63, 3.8) is 0 Å². The summed E-state index contributed by atoms with van der Waals surface area (Å²) in [6.45, 7) is 3.91. The molecule has 166 valence electrons. The summed E-state index contributed by atoms with van der Waals surface area (Å²) in [5.41, 5.74) is 2.18. The fraction of sp³-hybridized carbons (Fsp3) is 0.333. The third-order valence-corrected chi connectivity index (χ3v) is 6.13. The molecule has 2 aliphatic rings. The summed E-state index contributed by atoms with van der Waals surface area (Å²) in [5, 5.41) is 10.4. The lowest BCUT2D eigenvalue weighted by Gasteiger charge is -2.37. The van der Waals surface area contributed by atoms with Crippen LogP contribution in [-0.4, -0.2) is 42.1 Å². The van der Waals surface area contributed by atoms with E-state index in [0.717, 1.165) is 16.7 Å². The lowest BCUT2D eigenvalue weighted by molar-refractivity contribution is -0.227. The van der Waals surface area contributed by atoms with E-state index in [-0.39, 0.29) is 6.61 Å². The maximum Gasteiger partial charge on any atom is 0.184 e. The van der Waals surface area contributed by atoms with Gasteiger partial charge in [-0.1, -0.05) is 91.0 Å². The van der Waals surface area contributed by atoms with E-state index in [2.05, 4.69) is 36.4 Å². The highest BCUT2D eigenvalue weighted by molar-refractivity contribution is 5.47. The van der Waals surface area contributed by atoms with Crippen molar-refractivity contribution in [2.45, 2.75) is 49.8 Å². The number of ether oxygens (including phenoxy) is 4. The molecule has 3 aromatic rings. The van der Waals surface area contributed by atoms with Gasteiger partial charge in [-0.3, -0.25) is 0 Å². The van der Waals surface area contributed by atoms with Crippen molar-refractivity contribution >= 4 is 0 Å². The number of fused-ring (bicyclic) bond motifs is 1. The van der Waals surface area contributed by atoms with Crippen molar-refractivity contribution in [1.29, 1.82) is 0 Å². The van der Waals surface area contributed by atoms with E-state index in [0.29, 0.717) is 0 Å². The van der Waals surface area contributed by atoms with Gasteiger partial charge < -0.3 is 24.1 Å². The van der Waals surface area contributed by atoms with E-state index < -0.39 is 36.0 Å². The number of aliphatic hydroxyl groups is 1. The zero-order valence-corrected chi connectivity index (χ0v) is 18.3. The summed E-state index contributed by atoms with van der Waals surface area (Å²) in [6.07, 6.45) is -2.44. The molecule has 0 bridgehead atoms. The number of rotatable bonds is 6. The van der Waals surface area contributed by atoms with Crippen LogP contribution >= 0.6 is 0 Å². The minimum Gasteiger partial charge on any atom is -0.366 e. The van der Waals surface area contributed by atoms with Gasteiger partial charge in [-0.05, 0) is 30.5 Å². The van der Waals surface area contributed by atoms with Gasteiger partial charge in [0.15, 0.2) is 12.1 Å². The van der Waals surface area contributed by atoms with E-state index in [1.54, 1.807) is 0 Å². The van der Waals surface area contributed by atoms with E-state index in [9.17, 15) is 5.11 Å². The molecule has 2 unspecified atom stereocenters. The number of benzene rings is 3. The van der Waals surface area contributed by atoms with Crippen LogP contribution in [0.3, 0.4) is 0 Å². The molecular formula is C27H28O5. The van der Waals surface area contributed by atoms with Crippen molar-refractivity contribution in [2.24, 2.45) is 0 Å². The monoisotopic (exact) mass is 432 g/mol. The average Bonchev–Trinajstić information content (AvgIpc) is 3.29. The Bertz CT molecular complexity index is 925. The second kappa shape index (κ2) is 8.43. The van der Waals surface area contributed by atoms with Crippen molar-refractivity contribution < 1.29 is 24.1 Å². The van der Waals surface area contributed by atoms with Crippen molar-refractivity contribution in [3.8, 4) is 0 Å². The summed E-state index contributed by atoms with van der Waals surface area (Å²) in [7, 11) is 0. The summed E-state index contributed by atoms with van der Waals surface area (Å²) in [6, 6.07) is 30.5. The van der Waals surface area contributed by atoms with Gasteiger partial charge >= 0.3 is 0 Å². The van der Waals surface area contributed by atoms with Crippen LogP contribution in [0.25, 0.3) is 0 Å². The minimum atomic E-state index is -1.05. The van der Waals surface area contributed by atoms with E-state index in [4.69, 9.17) is 18.9 Å². The average molecular weight is 433 g/mol. The predicted octanol–water partition coefficient (Wildman–Crippen LogP) is 4.23. The van der Waals surface area contributed by atoms with Gasteiger partial charge in [0.2, 0.25) is 0 Å². The second-order valence-corrected chi connectivity index (χ2v) is 8.72. The molecule has 0 saturated carbocycles. The zero-order chi connectivity index (χ0) is 22.2. The van der Waals surface area contributed by atoms with E-state index >= 15 is 0 Å². The Kier molecular flexibility index (Phi) is 5.61. The van der Waals surface area contributed by atoms with E-state index in [1.165, 1.54) is 0 Å². The summed E-state index contributed by atoms with van der Waals surface area (Å²) < 4.78 is 24.5. The summed E-state index contributed by atoms with van der Waals surface area (Å²) in [5.74, 6) is -0.770. The van der Waals surface area contributed by atoms with Crippen LogP contribution in [0.5, 0.6) is 0 Å². The highest BCUT2D eigenvalue weighted by atomic mass is 16.8. The fourth-order valence-corrected chi connectivity index (χ4v) is 4.77. The summed E-state index contributed by atoms with van der Waals surface area (Å²) >= 11 is 0. The third-order valence-electron chi connectivity index (χ3n) is 6.13. The van der Waals surface area contributed by atoms with Crippen LogP contribution in [0.2, 0.25) is 0 Å². The first-order valence-electron chi connectivity index (χ1n) is 11.0. The van der Waals surface area contributed by atoms with Crippen LogP contribution in [0, 0.1) is 0 Å². The molecule has 2 saturated heterocycles. The molecule has 5 rings (SSSR count). The normalized spacial score (nSPS) is 26.7. The van der Waals surface area contributed by atoms with Crippen molar-refractivity contribution in [3.05, 3.63) is 108 Å². The lowest BCUT2D eigenvalue weighted by atomic mass is 9.80. The van der Waals surface area contributed by atoms with Gasteiger partial charge in [-0.15, -0.1) is 0 Å². The molecule has 5 nitrogen and oxygen atoms in total. The van der Waals surface area contributed by atoms with Crippen molar-refractivity contribution in [1.82, 2.24) is 0 Å². The Labute approximate surface area is 188 Å². The number of hydrogen-bond donors (Lipinski definition) is 1. The van der Waals surface area contributed by atoms with Crippen LogP contribution in [0.4, 0.5) is 0 Å². The molecule has 32 heavy (non-hydrogen) atoms. The third kappa shape index (κ3) is 3.76. The number of hydrogen-bond acceptors (Lipinski definition) is 5. The highest BCUT2D eigenvalue weighted by Gasteiger charge is 2.55. The topological polar surface area (TPSA) is 57.2 Å². The molecular weight excluding hydrogens is 404 g/mol. The maximum atomic E-state index is 10.4. The molecule has 2 fully saturated rings. The molecule has 2 aliphatic heterocycles. The van der Waals surface area contributed by atoms with Crippen LogP contribution in [-0.2, 0) is 24.5 Å². The quantitative estimate of drug-likeness (QED) is 0.591. The molecule has 3 aromatic carbocycles. The van der Waals surface area contributed by atoms with Gasteiger partial charge in [0, 0.05) is 0 Å². The lowest BCUT2D eigenvalue weighted by Crippen LogP contribution is -2.39. The molecule has 0 aliphatic carbocycles. The molecule has 4 atom stereocenters. The maximum absolute atomic E-state index is 10.4. The first-order valence-corrected chi connectivity index (χ1v) is 11.0. The fourth-order valence-electron chi connectivity index (χ4n) is 4.77. The zero-order valence-electron chi connectivity index (χ0n) is 18.3. The van der Waals surface area contributed by atoms with Crippen LogP contribution in [0.1, 0.15) is 30.5 Å². The van der Waals surface area contributed by atoms with Gasteiger partial charge in [0.25, 0.3) is 0 Å². The first-order chi connectivity index (χ1) is 15.5. The molecule has 1 N–H and O–H groups in total. The number of aliphatic hydroxyl groups excluding tert-OH is 1.